The SMILES string of the molecule is Cn1cc(-c2ccc(OCc3ccc(-c4ccccc4)cc3)c(C(F)(F)F)c2)nc1C(C)(C)CO. The average molecular weight is 481 g/mol. The van der Waals surface area contributed by atoms with E-state index in [4.69, 9.17) is 4.74 Å². The number of hydrogen-bond donors (Lipinski definition) is 1. The van der Waals surface area contributed by atoms with Gasteiger partial charge < -0.3 is 14.4 Å². The summed E-state index contributed by atoms with van der Waals surface area (Å²) in [6.07, 6.45) is -2.93. The van der Waals surface area contributed by atoms with Gasteiger partial charge in [-0.3, -0.25) is 0 Å². The fourth-order valence-electron chi connectivity index (χ4n) is 3.93. The highest BCUT2D eigenvalue weighted by Crippen LogP contribution is 2.39. The van der Waals surface area contributed by atoms with Crippen LogP contribution < -0.4 is 4.74 Å². The minimum absolute atomic E-state index is 0.00984. The Bertz CT molecular complexity index is 1290. The van der Waals surface area contributed by atoms with Crippen LogP contribution in [-0.4, -0.2) is 21.3 Å². The second kappa shape index (κ2) is 9.58. The molecule has 1 N–H and O–H groups in total. The molecule has 0 aliphatic heterocycles. The van der Waals surface area contributed by atoms with Crippen molar-refractivity contribution in [2.45, 2.75) is 32.0 Å². The van der Waals surface area contributed by atoms with Crippen molar-refractivity contribution in [2.24, 2.45) is 7.05 Å². The van der Waals surface area contributed by atoms with E-state index in [-0.39, 0.29) is 19.0 Å². The number of imidazole rings is 1. The van der Waals surface area contributed by atoms with E-state index in [9.17, 15) is 18.3 Å². The Morgan fingerprint density at radius 1 is 0.886 bits per heavy atom. The molecule has 0 aliphatic carbocycles. The van der Waals surface area contributed by atoms with Crippen LogP contribution in [0.2, 0.25) is 0 Å². The molecule has 35 heavy (non-hydrogen) atoms. The topological polar surface area (TPSA) is 47.3 Å². The molecular weight excluding hydrogens is 453 g/mol. The van der Waals surface area contributed by atoms with E-state index in [1.807, 2.05) is 68.4 Å². The van der Waals surface area contributed by atoms with E-state index in [2.05, 4.69) is 4.98 Å². The summed E-state index contributed by atoms with van der Waals surface area (Å²) in [6, 6.07) is 21.4. The number of aliphatic hydroxyl groups excluding tert-OH is 1. The number of alkyl halides is 3. The zero-order valence-corrected chi connectivity index (χ0v) is 19.8. The van der Waals surface area contributed by atoms with E-state index in [1.54, 1.807) is 23.9 Å². The van der Waals surface area contributed by atoms with Crippen LogP contribution in [0.1, 0.15) is 30.8 Å². The van der Waals surface area contributed by atoms with E-state index in [0.29, 0.717) is 17.1 Å². The van der Waals surface area contributed by atoms with E-state index >= 15 is 0 Å². The third-order valence-corrected chi connectivity index (χ3v) is 5.91. The van der Waals surface area contributed by atoms with Crippen LogP contribution in [0, 0.1) is 0 Å². The van der Waals surface area contributed by atoms with Gasteiger partial charge in [0.25, 0.3) is 0 Å². The van der Waals surface area contributed by atoms with Gasteiger partial charge in [-0.25, -0.2) is 4.98 Å². The Morgan fingerprint density at radius 3 is 2.14 bits per heavy atom. The Hall–Kier alpha value is -3.58. The zero-order chi connectivity index (χ0) is 25.2. The molecule has 0 amide bonds. The predicted octanol–water partition coefficient (Wildman–Crippen LogP) is 6.62. The lowest BCUT2D eigenvalue weighted by atomic mass is 9.94. The highest BCUT2D eigenvalue weighted by Gasteiger charge is 2.35. The fraction of sp³-hybridized carbons (Fsp3) is 0.250. The number of nitrogens with zero attached hydrogens (tertiary/aromatic N) is 2. The second-order valence-corrected chi connectivity index (χ2v) is 9.16. The molecule has 4 nitrogen and oxygen atoms in total. The Morgan fingerprint density at radius 2 is 1.51 bits per heavy atom. The lowest BCUT2D eigenvalue weighted by Gasteiger charge is -2.20. The van der Waals surface area contributed by atoms with Gasteiger partial charge in [-0.15, -0.1) is 0 Å². The summed E-state index contributed by atoms with van der Waals surface area (Å²) >= 11 is 0. The molecule has 4 aromatic rings. The first-order chi connectivity index (χ1) is 16.6. The van der Waals surface area contributed by atoms with Crippen LogP contribution in [0.15, 0.2) is 79.0 Å². The molecule has 0 bridgehead atoms. The molecule has 0 saturated carbocycles. The van der Waals surface area contributed by atoms with Crippen molar-refractivity contribution in [3.63, 3.8) is 0 Å². The van der Waals surface area contributed by atoms with Crippen LogP contribution in [0.3, 0.4) is 0 Å². The summed E-state index contributed by atoms with van der Waals surface area (Å²) in [5.74, 6) is 0.350. The maximum Gasteiger partial charge on any atom is 0.419 e. The van der Waals surface area contributed by atoms with E-state index in [0.717, 1.165) is 22.8 Å². The third-order valence-electron chi connectivity index (χ3n) is 5.91. The molecule has 1 heterocycles. The molecular formula is C28H27F3N2O2. The Balaban J connectivity index is 1.57. The van der Waals surface area contributed by atoms with Crippen LogP contribution >= 0.6 is 0 Å². The number of aromatic nitrogens is 2. The largest absolute Gasteiger partial charge is 0.488 e. The maximum absolute atomic E-state index is 13.9. The average Bonchev–Trinajstić information content (AvgIpc) is 3.25. The second-order valence-electron chi connectivity index (χ2n) is 9.16. The summed E-state index contributed by atoms with van der Waals surface area (Å²) in [5, 5.41) is 9.65. The van der Waals surface area contributed by atoms with Gasteiger partial charge in [-0.1, -0.05) is 68.4 Å². The molecule has 3 aromatic carbocycles. The molecule has 0 aliphatic rings. The minimum Gasteiger partial charge on any atom is -0.488 e. The quantitative estimate of drug-likeness (QED) is 0.323. The minimum atomic E-state index is -4.59. The number of ether oxygens (including phenoxy) is 1. The van der Waals surface area contributed by atoms with Crippen molar-refractivity contribution in [3.05, 3.63) is 95.9 Å². The van der Waals surface area contributed by atoms with Gasteiger partial charge in [-0.2, -0.15) is 13.2 Å². The fourth-order valence-corrected chi connectivity index (χ4v) is 3.93. The van der Waals surface area contributed by atoms with Gasteiger partial charge in [-0.05, 0) is 34.9 Å². The number of halogens is 3. The first-order valence-electron chi connectivity index (χ1n) is 11.2. The number of aryl methyl sites for hydroxylation is 1. The van der Waals surface area contributed by atoms with Crippen molar-refractivity contribution in [1.82, 2.24) is 9.55 Å². The maximum atomic E-state index is 13.9. The molecule has 182 valence electrons. The van der Waals surface area contributed by atoms with Crippen molar-refractivity contribution in [3.8, 4) is 28.1 Å². The number of aliphatic hydroxyl groups is 1. The standard InChI is InChI=1S/C28H27F3N2O2/c1-27(2,18-34)26-32-24(16-33(26)3)22-13-14-25(23(15-22)28(29,30)31)35-17-19-9-11-21(12-10-19)20-7-5-4-6-8-20/h4-16,34H,17-18H2,1-3H3. The van der Waals surface area contributed by atoms with Gasteiger partial charge in [0.1, 0.15) is 18.2 Å². The van der Waals surface area contributed by atoms with Gasteiger partial charge in [0.15, 0.2) is 0 Å². The van der Waals surface area contributed by atoms with Crippen molar-refractivity contribution in [2.75, 3.05) is 6.61 Å². The van der Waals surface area contributed by atoms with Gasteiger partial charge in [0.2, 0.25) is 0 Å². The van der Waals surface area contributed by atoms with Gasteiger partial charge in [0.05, 0.1) is 17.9 Å². The van der Waals surface area contributed by atoms with E-state index < -0.39 is 17.2 Å². The highest BCUT2D eigenvalue weighted by atomic mass is 19.4. The molecule has 0 unspecified atom stereocenters. The lowest BCUT2D eigenvalue weighted by Crippen LogP contribution is -2.26. The smallest absolute Gasteiger partial charge is 0.419 e. The number of rotatable bonds is 7. The van der Waals surface area contributed by atoms with Gasteiger partial charge >= 0.3 is 6.18 Å². The van der Waals surface area contributed by atoms with Gasteiger partial charge in [0, 0.05) is 24.2 Å². The number of benzene rings is 3. The molecule has 4 rings (SSSR count). The van der Waals surface area contributed by atoms with Crippen molar-refractivity contribution < 1.29 is 23.0 Å². The summed E-state index contributed by atoms with van der Waals surface area (Å²) < 4.78 is 49.0. The zero-order valence-electron chi connectivity index (χ0n) is 19.8. The Kier molecular flexibility index (Phi) is 6.72. The molecule has 0 spiro atoms. The normalized spacial score (nSPS) is 12.1. The molecule has 0 atom stereocenters. The predicted molar refractivity (Wildman–Crippen MR) is 130 cm³/mol. The molecule has 0 radical (unpaired) electrons. The Labute approximate surface area is 202 Å². The summed E-state index contributed by atoms with van der Waals surface area (Å²) in [7, 11) is 1.76. The lowest BCUT2D eigenvalue weighted by molar-refractivity contribution is -0.139. The first kappa shape index (κ1) is 24.5. The number of hydrogen-bond acceptors (Lipinski definition) is 3. The van der Waals surface area contributed by atoms with Crippen LogP contribution in [0.25, 0.3) is 22.4 Å². The highest BCUT2D eigenvalue weighted by molar-refractivity contribution is 5.64. The molecule has 0 fully saturated rings. The molecule has 1 aromatic heterocycles. The summed E-state index contributed by atoms with van der Waals surface area (Å²) in [4.78, 5) is 4.50. The monoisotopic (exact) mass is 480 g/mol. The summed E-state index contributed by atoms with van der Waals surface area (Å²) in [5.41, 5.74) is 2.10. The summed E-state index contributed by atoms with van der Waals surface area (Å²) in [6.45, 7) is 3.52. The van der Waals surface area contributed by atoms with Crippen molar-refractivity contribution >= 4 is 0 Å². The van der Waals surface area contributed by atoms with Crippen LogP contribution in [0.5, 0.6) is 5.75 Å². The van der Waals surface area contributed by atoms with Crippen LogP contribution in [0.4, 0.5) is 13.2 Å². The first-order valence-corrected chi connectivity index (χ1v) is 11.2. The molecule has 7 heteroatoms. The third kappa shape index (κ3) is 5.41. The van der Waals surface area contributed by atoms with Crippen LogP contribution in [-0.2, 0) is 25.2 Å². The van der Waals surface area contributed by atoms with Crippen molar-refractivity contribution in [1.29, 1.82) is 0 Å². The van der Waals surface area contributed by atoms with E-state index in [1.165, 1.54) is 6.07 Å². The molecule has 0 saturated heterocycles.